The Morgan fingerprint density at radius 2 is 1.66 bits per heavy atom. The van der Waals surface area contributed by atoms with Crippen molar-refractivity contribution in [2.24, 2.45) is 0 Å². The second-order valence-electron chi connectivity index (χ2n) is 8.05. The maximum absolute atomic E-state index is 13.4. The van der Waals surface area contributed by atoms with Crippen LogP contribution in [0.5, 0.6) is 5.75 Å². The Morgan fingerprint density at radius 3 is 2.44 bits per heavy atom. The van der Waals surface area contributed by atoms with Gasteiger partial charge in [-0.3, -0.25) is 14.5 Å². The predicted molar refractivity (Wildman–Crippen MR) is 117 cm³/mol. The first kappa shape index (κ1) is 20.3. The maximum atomic E-state index is 13.4. The van der Waals surface area contributed by atoms with Crippen molar-refractivity contribution in [2.45, 2.75) is 25.4 Å². The van der Waals surface area contributed by atoms with E-state index >= 15 is 0 Å². The summed E-state index contributed by atoms with van der Waals surface area (Å²) in [6, 6.07) is 16.3. The summed E-state index contributed by atoms with van der Waals surface area (Å²) in [7, 11) is 0. The van der Waals surface area contributed by atoms with Crippen molar-refractivity contribution in [1.82, 2.24) is 4.90 Å². The second-order valence-corrected chi connectivity index (χ2v) is 8.05. The zero-order valence-corrected chi connectivity index (χ0v) is 17.5. The van der Waals surface area contributed by atoms with Crippen LogP contribution in [-0.4, -0.2) is 42.5 Å². The molecular weight excluding hydrogens is 411 g/mol. The number of likely N-dealkylation sites (tertiary alicyclic amines) is 1. The van der Waals surface area contributed by atoms with Crippen LogP contribution in [0.1, 0.15) is 29.8 Å². The molecule has 0 spiro atoms. The highest BCUT2D eigenvalue weighted by Crippen LogP contribution is 2.35. The number of carbonyl (C=O) groups excluding carboxylic acids is 2. The van der Waals surface area contributed by atoms with Gasteiger partial charge in [0.25, 0.3) is 11.8 Å². The van der Waals surface area contributed by atoms with Gasteiger partial charge in [0.1, 0.15) is 17.3 Å². The molecule has 3 heterocycles. The van der Waals surface area contributed by atoms with Crippen molar-refractivity contribution in [3.63, 3.8) is 0 Å². The van der Waals surface area contributed by atoms with Gasteiger partial charge in [0.05, 0.1) is 12.2 Å². The molecular formula is C25H23FN2O4. The van der Waals surface area contributed by atoms with Crippen LogP contribution in [0.3, 0.4) is 0 Å². The number of anilines is 1. The number of furan rings is 1. The van der Waals surface area contributed by atoms with Crippen molar-refractivity contribution in [3.8, 4) is 17.1 Å². The lowest BCUT2D eigenvalue weighted by Gasteiger charge is -2.37. The van der Waals surface area contributed by atoms with Gasteiger partial charge in [-0.2, -0.15) is 0 Å². The highest BCUT2D eigenvalue weighted by Gasteiger charge is 2.37. The van der Waals surface area contributed by atoms with Gasteiger partial charge in [-0.05, 0) is 67.8 Å². The summed E-state index contributed by atoms with van der Waals surface area (Å²) in [6.07, 6.45) is 2.32. The topological polar surface area (TPSA) is 63.0 Å². The normalized spacial score (nSPS) is 18.1. The molecule has 0 saturated carbocycles. The number of nitrogens with zero attached hydrogens (tertiary/aromatic N) is 2. The van der Waals surface area contributed by atoms with Gasteiger partial charge in [-0.15, -0.1) is 0 Å². The molecule has 0 N–H and O–H groups in total. The van der Waals surface area contributed by atoms with Gasteiger partial charge < -0.3 is 14.1 Å². The predicted octanol–water partition coefficient (Wildman–Crippen LogP) is 4.51. The Morgan fingerprint density at radius 1 is 0.906 bits per heavy atom. The summed E-state index contributed by atoms with van der Waals surface area (Å²) in [5, 5.41) is 0. The van der Waals surface area contributed by atoms with Crippen LogP contribution in [0.15, 0.2) is 65.1 Å². The number of hydrogen-bond donors (Lipinski definition) is 0. The van der Waals surface area contributed by atoms with Gasteiger partial charge in [0.15, 0.2) is 11.9 Å². The number of para-hydroxylation sites is 2. The lowest BCUT2D eigenvalue weighted by molar-refractivity contribution is -0.139. The van der Waals surface area contributed by atoms with Crippen LogP contribution < -0.4 is 9.64 Å². The standard InChI is InChI=1S/C25H23FN2O4/c26-18-10-8-17(9-11-18)20-12-13-22(31-20)25(30)28-16-23(24(29)27-14-4-1-5-15-27)32-21-7-3-2-6-19(21)28/h2-3,6-13,23H,1,4-5,14-16H2/t23-/m1/s1. The monoisotopic (exact) mass is 434 g/mol. The van der Waals surface area contributed by atoms with Crippen LogP contribution >= 0.6 is 0 Å². The number of hydrogen-bond acceptors (Lipinski definition) is 4. The van der Waals surface area contributed by atoms with E-state index in [0.717, 1.165) is 19.3 Å². The number of piperidine rings is 1. The number of benzene rings is 2. The number of amides is 2. The Kier molecular flexibility index (Phi) is 5.39. The molecule has 3 aromatic rings. The third-order valence-electron chi connectivity index (χ3n) is 5.91. The second kappa shape index (κ2) is 8.49. The summed E-state index contributed by atoms with van der Waals surface area (Å²) in [5.41, 5.74) is 1.27. The lowest BCUT2D eigenvalue weighted by atomic mass is 10.1. The molecule has 0 aliphatic carbocycles. The van der Waals surface area contributed by atoms with Gasteiger partial charge >= 0.3 is 0 Å². The summed E-state index contributed by atoms with van der Waals surface area (Å²) in [5.74, 6) is 0.314. The molecule has 32 heavy (non-hydrogen) atoms. The van der Waals surface area contributed by atoms with E-state index in [1.54, 1.807) is 41.3 Å². The van der Waals surface area contributed by atoms with E-state index < -0.39 is 6.10 Å². The van der Waals surface area contributed by atoms with E-state index in [2.05, 4.69) is 0 Å². The molecule has 5 rings (SSSR count). The van der Waals surface area contributed by atoms with E-state index in [1.807, 2.05) is 17.0 Å². The summed E-state index contributed by atoms with van der Waals surface area (Å²) in [4.78, 5) is 29.9. The van der Waals surface area contributed by atoms with Crippen molar-refractivity contribution in [2.75, 3.05) is 24.5 Å². The molecule has 2 amide bonds. The minimum atomic E-state index is -0.765. The Bertz CT molecular complexity index is 1130. The molecule has 2 aliphatic rings. The molecule has 1 fully saturated rings. The molecule has 2 aliphatic heterocycles. The number of ether oxygens (including phenoxy) is 1. The fourth-order valence-corrected chi connectivity index (χ4v) is 4.23. The van der Waals surface area contributed by atoms with Gasteiger partial charge in [0.2, 0.25) is 0 Å². The van der Waals surface area contributed by atoms with Gasteiger partial charge in [-0.25, -0.2) is 4.39 Å². The fraction of sp³-hybridized carbons (Fsp3) is 0.280. The van der Waals surface area contributed by atoms with Crippen molar-refractivity contribution in [3.05, 3.63) is 72.2 Å². The van der Waals surface area contributed by atoms with E-state index in [9.17, 15) is 14.0 Å². The minimum Gasteiger partial charge on any atom is -0.476 e. The van der Waals surface area contributed by atoms with Crippen molar-refractivity contribution < 1.29 is 23.1 Å². The Balaban J connectivity index is 1.42. The molecule has 164 valence electrons. The largest absolute Gasteiger partial charge is 0.476 e. The van der Waals surface area contributed by atoms with Crippen LogP contribution in [0.25, 0.3) is 11.3 Å². The van der Waals surface area contributed by atoms with E-state index in [1.165, 1.54) is 12.1 Å². The van der Waals surface area contributed by atoms with E-state index in [4.69, 9.17) is 9.15 Å². The molecule has 1 aromatic heterocycles. The Labute approximate surface area is 185 Å². The Hall–Kier alpha value is -3.61. The highest BCUT2D eigenvalue weighted by molar-refractivity contribution is 6.06. The summed E-state index contributed by atoms with van der Waals surface area (Å²) in [6.45, 7) is 1.54. The van der Waals surface area contributed by atoms with E-state index in [-0.39, 0.29) is 29.9 Å². The van der Waals surface area contributed by atoms with Crippen LogP contribution in [0.2, 0.25) is 0 Å². The third kappa shape index (κ3) is 3.86. The fourth-order valence-electron chi connectivity index (χ4n) is 4.23. The number of halogens is 1. The summed E-state index contributed by atoms with van der Waals surface area (Å²) >= 11 is 0. The zero-order valence-electron chi connectivity index (χ0n) is 17.5. The van der Waals surface area contributed by atoms with E-state index in [0.29, 0.717) is 35.9 Å². The first-order valence-corrected chi connectivity index (χ1v) is 10.8. The smallest absolute Gasteiger partial charge is 0.294 e. The van der Waals surface area contributed by atoms with Gasteiger partial charge in [0, 0.05) is 18.7 Å². The molecule has 2 aromatic carbocycles. The van der Waals surface area contributed by atoms with Crippen LogP contribution in [0, 0.1) is 5.82 Å². The van der Waals surface area contributed by atoms with Crippen molar-refractivity contribution >= 4 is 17.5 Å². The molecule has 0 bridgehead atoms. The average Bonchev–Trinajstić information content (AvgIpc) is 3.34. The number of carbonyl (C=O) groups is 2. The van der Waals surface area contributed by atoms with Crippen LogP contribution in [-0.2, 0) is 4.79 Å². The number of rotatable bonds is 3. The molecule has 1 atom stereocenters. The number of fused-ring (bicyclic) bond motifs is 1. The summed E-state index contributed by atoms with van der Waals surface area (Å²) < 4.78 is 25.0. The van der Waals surface area contributed by atoms with Gasteiger partial charge in [-0.1, -0.05) is 12.1 Å². The first-order chi connectivity index (χ1) is 15.6. The maximum Gasteiger partial charge on any atom is 0.294 e. The third-order valence-corrected chi connectivity index (χ3v) is 5.91. The molecule has 0 radical (unpaired) electrons. The van der Waals surface area contributed by atoms with Crippen molar-refractivity contribution in [1.29, 1.82) is 0 Å². The molecule has 7 heteroatoms. The highest BCUT2D eigenvalue weighted by atomic mass is 19.1. The average molecular weight is 434 g/mol. The molecule has 0 unspecified atom stereocenters. The van der Waals surface area contributed by atoms with Crippen LogP contribution in [0.4, 0.5) is 10.1 Å². The lowest BCUT2D eigenvalue weighted by Crippen LogP contribution is -2.52. The minimum absolute atomic E-state index is 0.0940. The SMILES string of the molecule is O=C([C@H]1CN(C(=O)c2ccc(-c3ccc(F)cc3)o2)c2ccccc2O1)N1CCCCC1. The zero-order chi connectivity index (χ0) is 22.1. The molecule has 6 nitrogen and oxygen atoms in total. The molecule has 1 saturated heterocycles. The first-order valence-electron chi connectivity index (χ1n) is 10.8. The quantitative estimate of drug-likeness (QED) is 0.609.